The van der Waals surface area contributed by atoms with Crippen LogP contribution in [0.3, 0.4) is 0 Å². The van der Waals surface area contributed by atoms with E-state index in [-0.39, 0.29) is 17.9 Å². The Morgan fingerprint density at radius 3 is 2.44 bits per heavy atom. The molecule has 0 bridgehead atoms. The molecule has 0 radical (unpaired) electrons. The third-order valence-corrected chi connectivity index (χ3v) is 6.86. The van der Waals surface area contributed by atoms with E-state index in [2.05, 4.69) is 47.2 Å². The number of nitrogens with zero attached hydrogens (tertiary/aromatic N) is 2. The molecule has 1 saturated heterocycles. The fourth-order valence-electron chi connectivity index (χ4n) is 4.06. The van der Waals surface area contributed by atoms with Gasteiger partial charge in [-0.1, -0.05) is 18.2 Å². The van der Waals surface area contributed by atoms with Gasteiger partial charge in [0, 0.05) is 42.4 Å². The van der Waals surface area contributed by atoms with Gasteiger partial charge in [0.25, 0.3) is 0 Å². The predicted molar refractivity (Wildman–Crippen MR) is 130 cm³/mol. The molecule has 1 aliphatic rings. The molecule has 32 heavy (non-hydrogen) atoms. The van der Waals surface area contributed by atoms with Crippen LogP contribution in [0.25, 0.3) is 0 Å². The number of carboxylic acid groups (broad SMARTS) is 1. The zero-order valence-corrected chi connectivity index (χ0v) is 19.1. The van der Waals surface area contributed by atoms with Gasteiger partial charge in [-0.15, -0.1) is 11.3 Å². The molecule has 1 aromatic heterocycles. The second kappa shape index (κ2) is 9.44. The summed E-state index contributed by atoms with van der Waals surface area (Å²) in [7, 11) is 0. The largest absolute Gasteiger partial charge is 0.478 e. The number of aromatic carboxylic acids is 1. The van der Waals surface area contributed by atoms with Crippen molar-refractivity contribution in [3.63, 3.8) is 0 Å². The molecule has 1 amide bonds. The van der Waals surface area contributed by atoms with Crippen LogP contribution >= 0.6 is 11.3 Å². The van der Waals surface area contributed by atoms with Crippen LogP contribution in [0.5, 0.6) is 0 Å². The van der Waals surface area contributed by atoms with Crippen molar-refractivity contribution in [1.82, 2.24) is 0 Å². The summed E-state index contributed by atoms with van der Waals surface area (Å²) in [5.74, 6) is -1.27. The molecular formula is C25H27N3O3S. The summed E-state index contributed by atoms with van der Waals surface area (Å²) in [6, 6.07) is 15.4. The first-order valence-corrected chi connectivity index (χ1v) is 11.6. The number of piperazine rings is 1. The normalized spacial score (nSPS) is 13.8. The topological polar surface area (TPSA) is 72.9 Å². The van der Waals surface area contributed by atoms with Crippen molar-refractivity contribution < 1.29 is 14.7 Å². The first-order chi connectivity index (χ1) is 15.4. The number of thiophene rings is 1. The molecule has 4 rings (SSSR count). The monoisotopic (exact) mass is 449 g/mol. The second-order valence-corrected chi connectivity index (χ2v) is 9.06. The maximum atomic E-state index is 12.4. The lowest BCUT2D eigenvalue weighted by Crippen LogP contribution is -2.46. The number of benzene rings is 2. The van der Waals surface area contributed by atoms with E-state index in [0.717, 1.165) is 36.7 Å². The van der Waals surface area contributed by atoms with Gasteiger partial charge in [0.2, 0.25) is 5.91 Å². The Bertz CT molecular complexity index is 1120. The van der Waals surface area contributed by atoms with Gasteiger partial charge < -0.3 is 20.2 Å². The molecule has 2 N–H and O–H groups in total. The molecule has 3 aromatic rings. The highest BCUT2D eigenvalue weighted by Crippen LogP contribution is 2.28. The summed E-state index contributed by atoms with van der Waals surface area (Å²) in [6.45, 7) is 7.62. The second-order valence-electron chi connectivity index (χ2n) is 8.03. The fourth-order valence-corrected chi connectivity index (χ4v) is 4.77. The van der Waals surface area contributed by atoms with Gasteiger partial charge in [-0.25, -0.2) is 4.79 Å². The highest BCUT2D eigenvalue weighted by atomic mass is 32.1. The molecule has 0 atom stereocenters. The third kappa shape index (κ3) is 4.78. The highest BCUT2D eigenvalue weighted by Gasteiger charge is 2.21. The number of hydrogen-bond donors (Lipinski definition) is 2. The fraction of sp³-hybridized carbons (Fsp3) is 0.280. The smallest absolute Gasteiger partial charge is 0.337 e. The van der Waals surface area contributed by atoms with Crippen molar-refractivity contribution in [3.05, 3.63) is 75.5 Å². The molecule has 166 valence electrons. The van der Waals surface area contributed by atoms with Gasteiger partial charge in [-0.2, -0.15) is 0 Å². The van der Waals surface area contributed by atoms with Crippen LogP contribution in [-0.4, -0.2) is 43.2 Å². The van der Waals surface area contributed by atoms with Crippen molar-refractivity contribution >= 4 is 40.3 Å². The average Bonchev–Trinajstić information content (AvgIpc) is 3.29. The zero-order valence-electron chi connectivity index (χ0n) is 18.3. The Labute approximate surface area is 192 Å². The maximum absolute atomic E-state index is 12.4. The van der Waals surface area contributed by atoms with Crippen LogP contribution in [-0.2, 0) is 11.2 Å². The van der Waals surface area contributed by atoms with Crippen molar-refractivity contribution in [2.45, 2.75) is 20.3 Å². The zero-order chi connectivity index (χ0) is 22.7. The van der Waals surface area contributed by atoms with Crippen molar-refractivity contribution in [3.8, 4) is 0 Å². The SMILES string of the molecule is Cc1cccc(N2CCN(c3ccc(NC(=O)Cc4cccs4)c(C(=O)O)c3)CC2)c1C. The van der Waals surface area contributed by atoms with Crippen LogP contribution in [0.2, 0.25) is 0 Å². The van der Waals surface area contributed by atoms with Crippen molar-refractivity contribution in [1.29, 1.82) is 0 Å². The van der Waals surface area contributed by atoms with E-state index >= 15 is 0 Å². The Hall–Kier alpha value is -3.32. The van der Waals surface area contributed by atoms with E-state index in [4.69, 9.17) is 0 Å². The lowest BCUT2D eigenvalue weighted by atomic mass is 10.1. The van der Waals surface area contributed by atoms with Gasteiger partial charge in [-0.3, -0.25) is 4.79 Å². The molecule has 0 saturated carbocycles. The average molecular weight is 450 g/mol. The summed E-state index contributed by atoms with van der Waals surface area (Å²) < 4.78 is 0. The molecule has 1 aliphatic heterocycles. The van der Waals surface area contributed by atoms with Gasteiger partial charge in [-0.05, 0) is 60.7 Å². The number of rotatable bonds is 6. The molecule has 0 spiro atoms. The minimum atomic E-state index is -1.05. The highest BCUT2D eigenvalue weighted by molar-refractivity contribution is 7.10. The maximum Gasteiger partial charge on any atom is 0.337 e. The quantitative estimate of drug-likeness (QED) is 0.577. The van der Waals surface area contributed by atoms with Crippen molar-refractivity contribution in [2.24, 2.45) is 0 Å². The minimum absolute atomic E-state index is 0.110. The Balaban J connectivity index is 1.45. The Morgan fingerprint density at radius 1 is 1.00 bits per heavy atom. The van der Waals surface area contributed by atoms with E-state index < -0.39 is 5.97 Å². The lowest BCUT2D eigenvalue weighted by molar-refractivity contribution is -0.115. The van der Waals surface area contributed by atoms with Gasteiger partial charge >= 0.3 is 5.97 Å². The first-order valence-electron chi connectivity index (χ1n) is 10.7. The van der Waals surface area contributed by atoms with Crippen LogP contribution < -0.4 is 15.1 Å². The molecule has 0 aliphatic carbocycles. The third-order valence-electron chi connectivity index (χ3n) is 5.98. The van der Waals surface area contributed by atoms with E-state index in [0.29, 0.717) is 5.69 Å². The van der Waals surface area contributed by atoms with E-state index in [9.17, 15) is 14.7 Å². The number of anilines is 3. The van der Waals surface area contributed by atoms with E-state index in [1.165, 1.54) is 28.2 Å². The molecular weight excluding hydrogens is 422 g/mol. The van der Waals surface area contributed by atoms with Crippen LogP contribution in [0, 0.1) is 13.8 Å². The van der Waals surface area contributed by atoms with Crippen LogP contribution in [0.4, 0.5) is 17.1 Å². The van der Waals surface area contributed by atoms with Gasteiger partial charge in [0.15, 0.2) is 0 Å². The summed E-state index contributed by atoms with van der Waals surface area (Å²) in [5.41, 5.74) is 5.15. The number of carboxylic acids is 1. The predicted octanol–water partition coefficient (Wildman–Crippen LogP) is 4.57. The Morgan fingerprint density at radius 2 is 1.75 bits per heavy atom. The Kier molecular flexibility index (Phi) is 6.46. The first kappa shape index (κ1) is 21.9. The van der Waals surface area contributed by atoms with Gasteiger partial charge in [0.05, 0.1) is 17.7 Å². The van der Waals surface area contributed by atoms with Crippen molar-refractivity contribution in [2.75, 3.05) is 41.3 Å². The summed E-state index contributed by atoms with van der Waals surface area (Å²) in [6.07, 6.45) is 0.235. The molecule has 0 unspecified atom stereocenters. The summed E-state index contributed by atoms with van der Waals surface area (Å²) >= 11 is 1.51. The minimum Gasteiger partial charge on any atom is -0.478 e. The van der Waals surface area contributed by atoms with Crippen LogP contribution in [0.15, 0.2) is 53.9 Å². The molecule has 2 heterocycles. The summed E-state index contributed by atoms with van der Waals surface area (Å²) in [4.78, 5) is 29.8. The number of amides is 1. The molecule has 7 heteroatoms. The number of hydrogen-bond acceptors (Lipinski definition) is 5. The lowest BCUT2D eigenvalue weighted by Gasteiger charge is -2.38. The summed E-state index contributed by atoms with van der Waals surface area (Å²) in [5, 5.41) is 14.4. The van der Waals surface area contributed by atoms with Gasteiger partial charge in [0.1, 0.15) is 0 Å². The standard InChI is InChI=1S/C25H27N3O3S/c1-17-5-3-7-23(18(17)2)28-12-10-27(11-13-28)19-8-9-22(21(15-19)25(30)31)26-24(29)16-20-6-4-14-32-20/h3-9,14-15H,10-13,16H2,1-2H3,(H,26,29)(H,30,31). The molecule has 1 fully saturated rings. The molecule has 2 aromatic carbocycles. The number of nitrogens with one attached hydrogen (secondary N) is 1. The van der Waals surface area contributed by atoms with E-state index in [1.54, 1.807) is 12.1 Å². The number of aryl methyl sites for hydroxylation is 1. The molecule has 6 nitrogen and oxygen atoms in total. The van der Waals surface area contributed by atoms with Crippen LogP contribution in [0.1, 0.15) is 26.4 Å². The number of carbonyl (C=O) groups excluding carboxylic acids is 1. The number of carbonyl (C=O) groups is 2. The van der Waals surface area contributed by atoms with E-state index in [1.807, 2.05) is 23.6 Å².